The number of hydrogen-bond acceptors (Lipinski definition) is 6. The molecule has 0 saturated carbocycles. The molecule has 5 heterocycles. The SMILES string of the molecule is Nc1cccc(C(=O)N2CCCNC(=O)[C@@H]3C[C@@H]4CCCN4[C@@]34C(=O)N(CC2)c2ccccc24)n1. The van der Waals surface area contributed by atoms with E-state index in [2.05, 4.69) is 15.2 Å². The molecule has 2 bridgehead atoms. The molecule has 4 aliphatic rings. The number of aromatic nitrogens is 1. The fraction of sp³-hybridized carbons (Fsp3) is 0.462. The molecule has 4 aliphatic heterocycles. The maximum Gasteiger partial charge on any atom is 0.272 e. The molecule has 35 heavy (non-hydrogen) atoms. The van der Waals surface area contributed by atoms with E-state index in [0.29, 0.717) is 39.0 Å². The number of nitrogens with two attached hydrogens (primary N) is 1. The van der Waals surface area contributed by atoms with E-state index in [9.17, 15) is 14.4 Å². The van der Waals surface area contributed by atoms with Gasteiger partial charge in [0.2, 0.25) is 5.91 Å². The Labute approximate surface area is 204 Å². The van der Waals surface area contributed by atoms with Crippen LogP contribution < -0.4 is 16.0 Å². The summed E-state index contributed by atoms with van der Waals surface area (Å²) < 4.78 is 0. The van der Waals surface area contributed by atoms with E-state index in [-0.39, 0.29) is 35.3 Å². The van der Waals surface area contributed by atoms with E-state index in [4.69, 9.17) is 5.73 Å². The lowest BCUT2D eigenvalue weighted by Gasteiger charge is -2.37. The minimum atomic E-state index is -0.967. The van der Waals surface area contributed by atoms with Crippen molar-refractivity contribution in [2.24, 2.45) is 5.92 Å². The molecule has 1 aromatic heterocycles. The van der Waals surface area contributed by atoms with Gasteiger partial charge in [-0.15, -0.1) is 0 Å². The summed E-state index contributed by atoms with van der Waals surface area (Å²) >= 11 is 0. The van der Waals surface area contributed by atoms with Gasteiger partial charge in [0.05, 0.1) is 5.92 Å². The molecule has 3 amide bonds. The molecule has 0 unspecified atom stereocenters. The number of para-hydroxylation sites is 1. The highest BCUT2D eigenvalue weighted by molar-refractivity contribution is 6.11. The van der Waals surface area contributed by atoms with Gasteiger partial charge in [-0.2, -0.15) is 0 Å². The van der Waals surface area contributed by atoms with Crippen LogP contribution in [0.15, 0.2) is 42.5 Å². The number of rotatable bonds is 1. The maximum atomic E-state index is 14.3. The standard InChI is InChI=1S/C26H30N6O3/c27-22-10-3-8-20(29-22)24(34)30-12-5-11-28-23(33)19-16-17-6-4-13-32(17)26(19)18-7-1-2-9-21(18)31(15-14-30)25(26)35/h1-3,7-10,17,19H,4-6,11-16H2,(H2,27,29)(H,28,33)/t17-,19-,26+/m0/s1. The predicted molar refractivity (Wildman–Crippen MR) is 130 cm³/mol. The first-order valence-electron chi connectivity index (χ1n) is 12.5. The van der Waals surface area contributed by atoms with Gasteiger partial charge in [0.1, 0.15) is 17.1 Å². The molecule has 3 fully saturated rings. The van der Waals surface area contributed by atoms with Gasteiger partial charge in [0.15, 0.2) is 0 Å². The second-order valence-corrected chi connectivity index (χ2v) is 9.90. The summed E-state index contributed by atoms with van der Waals surface area (Å²) in [6.45, 7) is 2.44. The van der Waals surface area contributed by atoms with Crippen LogP contribution in [0.2, 0.25) is 0 Å². The van der Waals surface area contributed by atoms with Crippen molar-refractivity contribution in [3.8, 4) is 0 Å². The Balaban J connectivity index is 1.39. The smallest absolute Gasteiger partial charge is 0.272 e. The topological polar surface area (TPSA) is 112 Å². The highest BCUT2D eigenvalue weighted by atomic mass is 16.2. The summed E-state index contributed by atoms with van der Waals surface area (Å²) in [5.41, 5.74) is 6.88. The molecule has 2 aromatic rings. The van der Waals surface area contributed by atoms with Crippen molar-refractivity contribution in [1.82, 2.24) is 20.1 Å². The van der Waals surface area contributed by atoms with Crippen molar-refractivity contribution >= 4 is 29.2 Å². The number of nitrogen functional groups attached to an aromatic ring is 1. The van der Waals surface area contributed by atoms with Gasteiger partial charge >= 0.3 is 0 Å². The molecule has 0 radical (unpaired) electrons. The summed E-state index contributed by atoms with van der Waals surface area (Å²) in [6.07, 6.45) is 3.36. The lowest BCUT2D eigenvalue weighted by molar-refractivity contribution is -0.139. The zero-order chi connectivity index (χ0) is 24.2. The van der Waals surface area contributed by atoms with Gasteiger partial charge in [-0.05, 0) is 50.4 Å². The van der Waals surface area contributed by atoms with Crippen molar-refractivity contribution in [3.63, 3.8) is 0 Å². The third-order valence-electron chi connectivity index (χ3n) is 8.11. The number of fused-ring (bicyclic) bond motifs is 4. The molecule has 1 aromatic carbocycles. The number of benzene rings is 1. The summed E-state index contributed by atoms with van der Waals surface area (Å²) in [7, 11) is 0. The molecular formula is C26H30N6O3. The number of pyridine rings is 1. The van der Waals surface area contributed by atoms with Crippen molar-refractivity contribution in [2.45, 2.75) is 37.3 Å². The zero-order valence-corrected chi connectivity index (χ0v) is 19.7. The Morgan fingerprint density at radius 3 is 2.74 bits per heavy atom. The van der Waals surface area contributed by atoms with Crippen LogP contribution in [-0.4, -0.2) is 71.3 Å². The molecule has 9 nitrogen and oxygen atoms in total. The molecular weight excluding hydrogens is 444 g/mol. The Kier molecular flexibility index (Phi) is 5.25. The third-order valence-corrected chi connectivity index (χ3v) is 8.11. The van der Waals surface area contributed by atoms with Crippen LogP contribution in [0.3, 0.4) is 0 Å². The highest BCUT2D eigenvalue weighted by Crippen LogP contribution is 2.56. The number of hydrogen-bond donors (Lipinski definition) is 2. The van der Waals surface area contributed by atoms with Crippen LogP contribution in [0.25, 0.3) is 0 Å². The van der Waals surface area contributed by atoms with Gasteiger partial charge in [0, 0.05) is 43.5 Å². The van der Waals surface area contributed by atoms with Crippen LogP contribution in [0, 0.1) is 5.92 Å². The van der Waals surface area contributed by atoms with Crippen LogP contribution in [-0.2, 0) is 15.1 Å². The first kappa shape index (κ1) is 22.0. The molecule has 3 atom stereocenters. The molecule has 3 N–H and O–H groups in total. The number of nitrogens with one attached hydrogen (secondary N) is 1. The minimum Gasteiger partial charge on any atom is -0.384 e. The van der Waals surface area contributed by atoms with E-state index in [0.717, 1.165) is 30.6 Å². The van der Waals surface area contributed by atoms with Gasteiger partial charge in [0.25, 0.3) is 11.8 Å². The van der Waals surface area contributed by atoms with E-state index >= 15 is 0 Å². The fourth-order valence-corrected chi connectivity index (χ4v) is 6.66. The third kappa shape index (κ3) is 3.25. The number of nitrogens with zero attached hydrogens (tertiary/aromatic N) is 4. The van der Waals surface area contributed by atoms with Gasteiger partial charge < -0.3 is 20.9 Å². The van der Waals surface area contributed by atoms with E-state index < -0.39 is 11.5 Å². The van der Waals surface area contributed by atoms with Crippen molar-refractivity contribution in [1.29, 1.82) is 0 Å². The second-order valence-electron chi connectivity index (χ2n) is 9.90. The quantitative estimate of drug-likeness (QED) is 0.646. The highest BCUT2D eigenvalue weighted by Gasteiger charge is 2.67. The molecule has 0 aliphatic carbocycles. The van der Waals surface area contributed by atoms with Crippen molar-refractivity contribution in [3.05, 3.63) is 53.7 Å². The summed E-state index contributed by atoms with van der Waals surface area (Å²) in [5, 5.41) is 3.09. The van der Waals surface area contributed by atoms with Crippen molar-refractivity contribution in [2.75, 3.05) is 43.4 Å². The van der Waals surface area contributed by atoms with Crippen LogP contribution in [0.4, 0.5) is 11.5 Å². The van der Waals surface area contributed by atoms with Crippen molar-refractivity contribution < 1.29 is 14.4 Å². The Morgan fingerprint density at radius 2 is 1.89 bits per heavy atom. The minimum absolute atomic E-state index is 0.0432. The normalized spacial score (nSPS) is 28.6. The Morgan fingerprint density at radius 1 is 1.03 bits per heavy atom. The lowest BCUT2D eigenvalue weighted by atomic mass is 9.78. The first-order chi connectivity index (χ1) is 17.0. The fourth-order valence-electron chi connectivity index (χ4n) is 6.66. The summed E-state index contributed by atoms with van der Waals surface area (Å²) in [6, 6.07) is 13.1. The predicted octanol–water partition coefficient (Wildman–Crippen LogP) is 1.35. The van der Waals surface area contributed by atoms with Crippen LogP contribution in [0.5, 0.6) is 0 Å². The van der Waals surface area contributed by atoms with E-state index in [1.165, 1.54) is 0 Å². The Hall–Kier alpha value is -3.46. The van der Waals surface area contributed by atoms with Crippen LogP contribution >= 0.6 is 0 Å². The van der Waals surface area contributed by atoms with Gasteiger partial charge in [-0.25, -0.2) is 4.98 Å². The summed E-state index contributed by atoms with van der Waals surface area (Å²) in [4.78, 5) is 51.2. The number of carbonyl (C=O) groups is 3. The number of anilines is 2. The largest absolute Gasteiger partial charge is 0.384 e. The van der Waals surface area contributed by atoms with E-state index in [1.807, 2.05) is 24.3 Å². The van der Waals surface area contributed by atoms with Gasteiger partial charge in [-0.3, -0.25) is 19.3 Å². The monoisotopic (exact) mass is 474 g/mol. The second kappa shape index (κ2) is 8.34. The average Bonchev–Trinajstić information content (AvgIpc) is 3.51. The average molecular weight is 475 g/mol. The van der Waals surface area contributed by atoms with Gasteiger partial charge in [-0.1, -0.05) is 24.3 Å². The summed E-state index contributed by atoms with van der Waals surface area (Å²) in [5.74, 6) is -0.469. The lowest BCUT2D eigenvalue weighted by Crippen LogP contribution is -2.57. The maximum absolute atomic E-state index is 14.3. The van der Waals surface area contributed by atoms with E-state index in [1.54, 1.807) is 28.0 Å². The first-order valence-corrected chi connectivity index (χ1v) is 12.5. The zero-order valence-electron chi connectivity index (χ0n) is 19.7. The molecule has 3 saturated heterocycles. The molecule has 6 rings (SSSR count). The molecule has 1 spiro atoms. The Bertz CT molecular complexity index is 1200. The van der Waals surface area contributed by atoms with Crippen LogP contribution in [0.1, 0.15) is 41.7 Å². The number of carbonyl (C=O) groups excluding carboxylic acids is 3. The molecule has 9 heteroatoms. The molecule has 182 valence electrons. The number of amides is 3.